The second kappa shape index (κ2) is 13.6. The van der Waals surface area contributed by atoms with Gasteiger partial charge >= 0.3 is 0 Å². The summed E-state index contributed by atoms with van der Waals surface area (Å²) in [5.41, 5.74) is 19.6. The van der Waals surface area contributed by atoms with Crippen LogP contribution < -0.4 is 0 Å². The Morgan fingerprint density at radius 2 is 0.922 bits per heavy atom. The highest BCUT2D eigenvalue weighted by Crippen LogP contribution is 2.36. The molecule has 1 nitrogen and oxygen atoms in total. The lowest BCUT2D eigenvalue weighted by Crippen LogP contribution is -2.07. The van der Waals surface area contributed by atoms with Crippen molar-refractivity contribution in [3.8, 4) is 39.1 Å². The largest absolute Gasteiger partial charge is 0.309 e. The van der Waals surface area contributed by atoms with Gasteiger partial charge in [0.1, 0.15) is 0 Å². The molecule has 8 aromatic rings. The van der Waals surface area contributed by atoms with Gasteiger partial charge in [-0.3, -0.25) is 0 Å². The minimum atomic E-state index is 0.500. The van der Waals surface area contributed by atoms with E-state index in [-0.39, 0.29) is 0 Å². The highest BCUT2D eigenvalue weighted by atomic mass is 15.0. The van der Waals surface area contributed by atoms with Crippen LogP contribution in [0.25, 0.3) is 60.9 Å². The first-order chi connectivity index (χ1) is 24.8. The minimum Gasteiger partial charge on any atom is -0.309 e. The molecule has 1 heterocycles. The van der Waals surface area contributed by atoms with Crippen molar-refractivity contribution in [2.75, 3.05) is 0 Å². The Hall–Kier alpha value is -5.66. The van der Waals surface area contributed by atoms with E-state index < -0.39 is 0 Å². The summed E-state index contributed by atoms with van der Waals surface area (Å²) in [5, 5.41) is 2.58. The fraction of sp³-hybridized carbons (Fsp3) is 0.160. The first-order valence-corrected chi connectivity index (χ1v) is 18.3. The van der Waals surface area contributed by atoms with Gasteiger partial charge in [0.15, 0.2) is 0 Å². The van der Waals surface area contributed by atoms with E-state index >= 15 is 0 Å². The summed E-state index contributed by atoms with van der Waals surface area (Å²) < 4.78 is 2.38. The van der Waals surface area contributed by atoms with E-state index in [1.54, 1.807) is 0 Å². The molecular formula is C50H45N. The van der Waals surface area contributed by atoms with Gasteiger partial charge in [-0.15, -0.1) is 0 Å². The van der Waals surface area contributed by atoms with Crippen LogP contribution in [0.1, 0.15) is 40.3 Å². The van der Waals surface area contributed by atoms with Crippen molar-refractivity contribution in [1.29, 1.82) is 0 Å². The molecule has 1 atom stereocenters. The van der Waals surface area contributed by atoms with Crippen LogP contribution in [0, 0.1) is 33.6 Å². The lowest BCUT2D eigenvalue weighted by molar-refractivity contribution is 0.574. The van der Waals surface area contributed by atoms with Gasteiger partial charge in [0.2, 0.25) is 0 Å². The van der Waals surface area contributed by atoms with E-state index in [1.807, 2.05) is 0 Å². The Morgan fingerprint density at radius 3 is 1.61 bits per heavy atom. The van der Waals surface area contributed by atoms with E-state index in [4.69, 9.17) is 0 Å². The Kier molecular flexibility index (Phi) is 8.66. The number of nitrogens with zero attached hydrogens (tertiary/aromatic N) is 1. The molecule has 0 saturated heterocycles. The SMILES string of the molecule is Cc1ccc(-c2ccc(C)c(-c3ccccc3C)c2)cc1CC(C)Cc1cc(-c2ccc3c(c2)c2ccccc2n3-c2ccccc2)ccc1C. The molecular weight excluding hydrogens is 615 g/mol. The fourth-order valence-corrected chi connectivity index (χ4v) is 7.94. The zero-order valence-electron chi connectivity index (χ0n) is 30.4. The molecule has 1 aromatic heterocycles. The third-order valence-electron chi connectivity index (χ3n) is 10.9. The molecule has 0 bridgehead atoms. The van der Waals surface area contributed by atoms with Crippen LogP contribution in [-0.2, 0) is 12.8 Å². The number of hydrogen-bond acceptors (Lipinski definition) is 0. The van der Waals surface area contributed by atoms with Crippen LogP contribution in [0.3, 0.4) is 0 Å². The maximum Gasteiger partial charge on any atom is 0.0541 e. The average Bonchev–Trinajstić information content (AvgIpc) is 3.48. The summed E-state index contributed by atoms with van der Waals surface area (Å²) in [5.74, 6) is 0.500. The van der Waals surface area contributed by atoms with E-state index in [0.717, 1.165) is 12.8 Å². The number of aromatic nitrogens is 1. The van der Waals surface area contributed by atoms with Crippen molar-refractivity contribution in [2.24, 2.45) is 5.92 Å². The molecule has 51 heavy (non-hydrogen) atoms. The molecule has 1 unspecified atom stereocenters. The Labute approximate surface area is 302 Å². The zero-order valence-corrected chi connectivity index (χ0v) is 30.4. The number of benzene rings is 7. The van der Waals surface area contributed by atoms with Gasteiger partial charge in [0.05, 0.1) is 11.0 Å². The van der Waals surface area contributed by atoms with Crippen molar-refractivity contribution in [2.45, 2.75) is 47.5 Å². The van der Waals surface area contributed by atoms with Crippen LogP contribution in [0.2, 0.25) is 0 Å². The van der Waals surface area contributed by atoms with Crippen LogP contribution in [0.15, 0.2) is 152 Å². The molecule has 0 aliphatic rings. The molecule has 0 spiro atoms. The molecule has 250 valence electrons. The summed E-state index contributed by atoms with van der Waals surface area (Å²) in [7, 11) is 0. The van der Waals surface area contributed by atoms with Crippen LogP contribution >= 0.6 is 0 Å². The number of rotatable bonds is 8. The third kappa shape index (κ3) is 6.30. The number of aryl methyl sites for hydroxylation is 4. The van der Waals surface area contributed by atoms with Crippen LogP contribution in [0.5, 0.6) is 0 Å². The molecule has 0 radical (unpaired) electrons. The maximum absolute atomic E-state index is 2.44. The summed E-state index contributed by atoms with van der Waals surface area (Å²) in [6.07, 6.45) is 2.09. The van der Waals surface area contributed by atoms with Gasteiger partial charge < -0.3 is 4.57 Å². The smallest absolute Gasteiger partial charge is 0.0541 e. The second-order valence-corrected chi connectivity index (χ2v) is 14.6. The highest BCUT2D eigenvalue weighted by Gasteiger charge is 2.15. The summed E-state index contributed by atoms with van der Waals surface area (Å²) in [4.78, 5) is 0. The lowest BCUT2D eigenvalue weighted by Gasteiger charge is -2.18. The van der Waals surface area contributed by atoms with E-state index in [1.165, 1.54) is 94.3 Å². The van der Waals surface area contributed by atoms with Gasteiger partial charge in [-0.25, -0.2) is 0 Å². The molecule has 0 N–H and O–H groups in total. The highest BCUT2D eigenvalue weighted by molar-refractivity contribution is 6.10. The molecule has 0 amide bonds. The Bertz CT molecular complexity index is 2530. The quantitative estimate of drug-likeness (QED) is 0.153. The lowest BCUT2D eigenvalue weighted by atomic mass is 9.87. The molecule has 0 aliphatic heterocycles. The molecule has 8 rings (SSSR count). The first-order valence-electron chi connectivity index (χ1n) is 18.3. The first kappa shape index (κ1) is 32.5. The molecule has 0 saturated carbocycles. The predicted molar refractivity (Wildman–Crippen MR) is 219 cm³/mol. The van der Waals surface area contributed by atoms with E-state index in [9.17, 15) is 0 Å². The van der Waals surface area contributed by atoms with Gasteiger partial charge in [0.25, 0.3) is 0 Å². The summed E-state index contributed by atoms with van der Waals surface area (Å²) >= 11 is 0. The monoisotopic (exact) mass is 659 g/mol. The van der Waals surface area contributed by atoms with Gasteiger partial charge in [-0.1, -0.05) is 122 Å². The Morgan fingerprint density at radius 1 is 0.412 bits per heavy atom. The van der Waals surface area contributed by atoms with Gasteiger partial charge in [-0.05, 0) is 150 Å². The van der Waals surface area contributed by atoms with Gasteiger partial charge in [-0.2, -0.15) is 0 Å². The fourth-order valence-electron chi connectivity index (χ4n) is 7.94. The number of hydrogen-bond donors (Lipinski definition) is 0. The topological polar surface area (TPSA) is 4.93 Å². The van der Waals surface area contributed by atoms with Crippen LogP contribution in [-0.4, -0.2) is 4.57 Å². The number of para-hydroxylation sites is 2. The Balaban J connectivity index is 1.07. The normalized spacial score (nSPS) is 12.1. The zero-order chi connectivity index (χ0) is 35.1. The van der Waals surface area contributed by atoms with Crippen molar-refractivity contribution in [1.82, 2.24) is 4.57 Å². The molecule has 0 aliphatic carbocycles. The number of fused-ring (bicyclic) bond motifs is 3. The van der Waals surface area contributed by atoms with Crippen LogP contribution in [0.4, 0.5) is 0 Å². The third-order valence-corrected chi connectivity index (χ3v) is 10.9. The molecule has 1 heteroatoms. The van der Waals surface area contributed by atoms with Crippen molar-refractivity contribution < 1.29 is 0 Å². The van der Waals surface area contributed by atoms with Crippen molar-refractivity contribution >= 4 is 21.8 Å². The second-order valence-electron chi connectivity index (χ2n) is 14.6. The van der Waals surface area contributed by atoms with Crippen molar-refractivity contribution in [3.05, 3.63) is 185 Å². The minimum absolute atomic E-state index is 0.500. The molecule has 0 fully saturated rings. The average molecular weight is 660 g/mol. The maximum atomic E-state index is 2.44. The standard InChI is InChI=1S/C50H45N/c1-33(27-42-29-38(22-19-34(42)2)40-24-21-37(5)47(31-40)45-16-10-9-13-36(45)4)28-43-30-39(23-20-35(43)3)41-25-26-50-48(32-41)46-17-11-12-18-49(46)51(50)44-14-7-6-8-15-44/h6-26,29-33H,27-28H2,1-5H3. The summed E-state index contributed by atoms with van der Waals surface area (Å²) in [6, 6.07) is 56.1. The summed E-state index contributed by atoms with van der Waals surface area (Å²) in [6.45, 7) is 11.3. The van der Waals surface area contributed by atoms with E-state index in [2.05, 4.69) is 191 Å². The van der Waals surface area contributed by atoms with Gasteiger partial charge in [0, 0.05) is 16.5 Å². The van der Waals surface area contributed by atoms with E-state index in [0.29, 0.717) is 5.92 Å². The molecule has 7 aromatic carbocycles. The predicted octanol–water partition coefficient (Wildman–Crippen LogP) is 13.4. The van der Waals surface area contributed by atoms with Crippen molar-refractivity contribution in [3.63, 3.8) is 0 Å².